The van der Waals surface area contributed by atoms with Gasteiger partial charge in [-0.1, -0.05) is 36.3 Å². The lowest BCUT2D eigenvalue weighted by Crippen LogP contribution is -2.27. The molecule has 0 saturated carbocycles. The van der Waals surface area contributed by atoms with Crippen molar-refractivity contribution in [2.45, 2.75) is 39.4 Å². The number of allylic oxidation sites excluding steroid dienone is 2. The highest BCUT2D eigenvalue weighted by atomic mass is 16.6. The minimum atomic E-state index is -0.498. The quantitative estimate of drug-likeness (QED) is 0.615. The van der Waals surface area contributed by atoms with Gasteiger partial charge in [0.2, 0.25) is 0 Å². The van der Waals surface area contributed by atoms with Crippen molar-refractivity contribution < 1.29 is 14.3 Å². The van der Waals surface area contributed by atoms with Gasteiger partial charge in [-0.3, -0.25) is 9.79 Å². The maximum Gasteiger partial charge on any atom is 0.307 e. The van der Waals surface area contributed by atoms with E-state index < -0.39 is 5.60 Å². The van der Waals surface area contributed by atoms with Gasteiger partial charge in [0, 0.05) is 13.1 Å². The van der Waals surface area contributed by atoms with Gasteiger partial charge in [0.15, 0.2) is 5.76 Å². The number of benzene rings is 1. The van der Waals surface area contributed by atoms with E-state index in [0.717, 1.165) is 11.3 Å². The van der Waals surface area contributed by atoms with Crippen LogP contribution >= 0.6 is 0 Å². The lowest BCUT2D eigenvalue weighted by molar-refractivity contribution is -0.155. The van der Waals surface area contributed by atoms with Crippen LogP contribution in [0.25, 0.3) is 0 Å². The van der Waals surface area contributed by atoms with Crippen LogP contribution < -0.4 is 0 Å². The van der Waals surface area contributed by atoms with Crippen LogP contribution in [0, 0.1) is 17.8 Å². The van der Waals surface area contributed by atoms with Crippen LogP contribution in [0.3, 0.4) is 0 Å². The highest BCUT2D eigenvalue weighted by Crippen LogP contribution is 2.18. The Kier molecular flexibility index (Phi) is 5.81. The highest BCUT2D eigenvalue weighted by Gasteiger charge is 2.23. The molecule has 1 unspecified atom stereocenters. The summed E-state index contributed by atoms with van der Waals surface area (Å²) in [6.45, 7) is 6.00. The van der Waals surface area contributed by atoms with Gasteiger partial charge in [-0.05, 0) is 32.3 Å². The number of carbonyl (C=O) groups is 1. The van der Waals surface area contributed by atoms with Crippen LogP contribution in [-0.2, 0) is 20.9 Å². The van der Waals surface area contributed by atoms with Crippen LogP contribution in [0.1, 0.15) is 32.8 Å². The first-order chi connectivity index (χ1) is 11.4. The van der Waals surface area contributed by atoms with Crippen molar-refractivity contribution in [1.82, 2.24) is 0 Å². The molecule has 1 atom stereocenters. The molecular formula is C20H23NO3. The molecule has 0 heterocycles. The second kappa shape index (κ2) is 7.83. The third-order valence-corrected chi connectivity index (χ3v) is 3.29. The summed E-state index contributed by atoms with van der Waals surface area (Å²) in [5.41, 5.74) is 1.32. The molecule has 0 amide bonds. The highest BCUT2D eigenvalue weighted by molar-refractivity contribution is 6.02. The molecule has 1 aromatic carbocycles. The molecule has 4 nitrogen and oxygen atoms in total. The third kappa shape index (κ3) is 5.58. The number of aliphatic imine (C=N–C) groups is 1. The molecule has 0 N–H and O–H groups in total. The summed E-state index contributed by atoms with van der Waals surface area (Å²) >= 11 is 0. The average molecular weight is 325 g/mol. The number of nitrogens with zero attached hydrogens (tertiary/aromatic N) is 1. The van der Waals surface area contributed by atoms with Crippen molar-refractivity contribution in [2.24, 2.45) is 10.9 Å². The van der Waals surface area contributed by atoms with Crippen LogP contribution in [0.2, 0.25) is 0 Å². The summed E-state index contributed by atoms with van der Waals surface area (Å²) in [4.78, 5) is 16.2. The first-order valence-corrected chi connectivity index (χ1v) is 7.96. The van der Waals surface area contributed by atoms with Crippen molar-refractivity contribution in [3.8, 4) is 11.8 Å². The van der Waals surface area contributed by atoms with Gasteiger partial charge in [0.25, 0.3) is 0 Å². The van der Waals surface area contributed by atoms with Crippen LogP contribution in [0.5, 0.6) is 0 Å². The Hall–Kier alpha value is -2.54. The predicted octanol–water partition coefficient (Wildman–Crippen LogP) is 3.52. The number of rotatable bonds is 5. The minimum Gasteiger partial charge on any atom is -0.481 e. The Morgan fingerprint density at radius 1 is 1.25 bits per heavy atom. The molecule has 0 aromatic heterocycles. The number of hydrogen-bond acceptors (Lipinski definition) is 4. The van der Waals surface area contributed by atoms with Gasteiger partial charge in [0.05, 0.1) is 18.1 Å². The van der Waals surface area contributed by atoms with Crippen LogP contribution in [0.4, 0.5) is 0 Å². The fourth-order valence-corrected chi connectivity index (χ4v) is 2.24. The fourth-order valence-electron chi connectivity index (χ4n) is 2.24. The zero-order chi connectivity index (χ0) is 17.6. The van der Waals surface area contributed by atoms with E-state index in [9.17, 15) is 4.79 Å². The number of carbonyl (C=O) groups excluding carboxylic acids is 1. The molecule has 0 aliphatic heterocycles. The molecule has 2 rings (SSSR count). The summed E-state index contributed by atoms with van der Waals surface area (Å²) in [6, 6.07) is 9.89. The first-order valence-electron chi connectivity index (χ1n) is 7.96. The summed E-state index contributed by atoms with van der Waals surface area (Å²) in [6.07, 6.45) is 1.99. The fraction of sp³-hybridized carbons (Fsp3) is 0.400. The van der Waals surface area contributed by atoms with Crippen molar-refractivity contribution >= 4 is 11.7 Å². The number of hydrogen-bond donors (Lipinski definition) is 0. The second-order valence-electron chi connectivity index (χ2n) is 6.54. The van der Waals surface area contributed by atoms with Crippen LogP contribution in [0.15, 0.2) is 47.2 Å². The lowest BCUT2D eigenvalue weighted by Gasteiger charge is -2.21. The van der Waals surface area contributed by atoms with Crippen molar-refractivity contribution in [3.05, 3.63) is 47.7 Å². The van der Waals surface area contributed by atoms with E-state index in [4.69, 9.17) is 9.47 Å². The van der Waals surface area contributed by atoms with Gasteiger partial charge in [-0.25, -0.2) is 0 Å². The van der Waals surface area contributed by atoms with E-state index in [1.54, 1.807) is 13.1 Å². The molecule has 0 bridgehead atoms. The summed E-state index contributed by atoms with van der Waals surface area (Å²) in [5.74, 6) is 6.06. The SMILES string of the molecule is CN=C1C=C(OCc2ccccc2)C#CC1CC(=O)OC(C)(C)C. The van der Waals surface area contributed by atoms with Crippen LogP contribution in [-0.4, -0.2) is 24.3 Å². The zero-order valence-electron chi connectivity index (χ0n) is 14.6. The topological polar surface area (TPSA) is 47.9 Å². The molecule has 1 aliphatic carbocycles. The summed E-state index contributed by atoms with van der Waals surface area (Å²) < 4.78 is 11.1. The molecule has 0 saturated heterocycles. The lowest BCUT2D eigenvalue weighted by atomic mass is 9.96. The Morgan fingerprint density at radius 2 is 1.96 bits per heavy atom. The van der Waals surface area contributed by atoms with Gasteiger partial charge < -0.3 is 9.47 Å². The molecule has 126 valence electrons. The Morgan fingerprint density at radius 3 is 2.58 bits per heavy atom. The summed E-state index contributed by atoms with van der Waals surface area (Å²) in [5, 5.41) is 0. The van der Waals surface area contributed by atoms with Crippen molar-refractivity contribution in [3.63, 3.8) is 0 Å². The molecule has 0 spiro atoms. The third-order valence-electron chi connectivity index (χ3n) is 3.29. The molecular weight excluding hydrogens is 302 g/mol. The van der Waals surface area contributed by atoms with E-state index in [0.29, 0.717) is 12.4 Å². The smallest absolute Gasteiger partial charge is 0.307 e. The maximum absolute atomic E-state index is 12.0. The largest absolute Gasteiger partial charge is 0.481 e. The zero-order valence-corrected chi connectivity index (χ0v) is 14.6. The van der Waals surface area contributed by atoms with Crippen molar-refractivity contribution in [2.75, 3.05) is 7.05 Å². The van der Waals surface area contributed by atoms with Gasteiger partial charge in [-0.2, -0.15) is 0 Å². The average Bonchev–Trinajstić information content (AvgIpc) is 2.53. The Balaban J connectivity index is 1.97. The minimum absolute atomic E-state index is 0.194. The molecule has 4 heteroatoms. The van der Waals surface area contributed by atoms with Gasteiger partial charge >= 0.3 is 5.97 Å². The standard InChI is InChI=1S/C20H23NO3/c1-20(2,3)24-19(22)12-16-10-11-17(13-18(16)21-4)23-14-15-8-6-5-7-9-15/h5-9,13,16H,12,14H2,1-4H3. The monoisotopic (exact) mass is 325 g/mol. The molecule has 1 aromatic rings. The van der Waals surface area contributed by atoms with Crippen molar-refractivity contribution in [1.29, 1.82) is 0 Å². The van der Waals surface area contributed by atoms with E-state index in [1.807, 2.05) is 51.1 Å². The number of esters is 1. The predicted molar refractivity (Wildman–Crippen MR) is 94.4 cm³/mol. The van der Waals surface area contributed by atoms with E-state index >= 15 is 0 Å². The Labute approximate surface area is 143 Å². The molecule has 1 aliphatic rings. The molecule has 0 radical (unpaired) electrons. The Bertz CT molecular complexity index is 700. The van der Waals surface area contributed by atoms with Gasteiger partial charge in [-0.15, -0.1) is 0 Å². The normalized spacial score (nSPS) is 18.4. The van der Waals surface area contributed by atoms with E-state index in [-0.39, 0.29) is 18.3 Å². The molecule has 24 heavy (non-hydrogen) atoms. The maximum atomic E-state index is 12.0. The van der Waals surface area contributed by atoms with E-state index in [1.165, 1.54) is 0 Å². The first kappa shape index (κ1) is 17.8. The molecule has 0 fully saturated rings. The van der Waals surface area contributed by atoms with E-state index in [2.05, 4.69) is 16.8 Å². The summed E-state index contributed by atoms with van der Waals surface area (Å²) in [7, 11) is 1.69. The van der Waals surface area contributed by atoms with Gasteiger partial charge in [0.1, 0.15) is 12.2 Å². The number of ether oxygens (including phenoxy) is 2. The second-order valence-corrected chi connectivity index (χ2v) is 6.54.